The van der Waals surface area contributed by atoms with Crippen LogP contribution in [0.1, 0.15) is 5.56 Å². The Hall–Kier alpha value is -1.86. The highest BCUT2D eigenvalue weighted by molar-refractivity contribution is 9.10. The van der Waals surface area contributed by atoms with Gasteiger partial charge in [0.05, 0.1) is 16.4 Å². The second-order valence-electron chi connectivity index (χ2n) is 4.44. The monoisotopic (exact) mass is 380 g/mol. The third-order valence-corrected chi connectivity index (χ3v) is 4.49. The molecule has 0 bridgehead atoms. The number of carbonyl (C=O) groups excluding carboxylic acids is 1. The highest BCUT2D eigenvalue weighted by atomic mass is 79.9. The van der Waals surface area contributed by atoms with Crippen molar-refractivity contribution in [2.24, 2.45) is 0 Å². The van der Waals surface area contributed by atoms with Gasteiger partial charge in [-0.15, -0.1) is 11.8 Å². The minimum absolute atomic E-state index is 0.0698. The second-order valence-corrected chi connectivity index (χ2v) is 6.28. The molecule has 2 aromatic carbocycles. The first-order chi connectivity index (χ1) is 10.6. The van der Waals surface area contributed by atoms with Crippen LogP contribution in [0.3, 0.4) is 0 Å². The van der Waals surface area contributed by atoms with E-state index in [1.165, 1.54) is 23.9 Å². The predicted octanol–water partition coefficient (Wildman–Crippen LogP) is 4.23. The summed E-state index contributed by atoms with van der Waals surface area (Å²) in [5.41, 5.74) is 1.76. The Balaban J connectivity index is 1.79. The fourth-order valence-electron chi connectivity index (χ4n) is 1.72. The van der Waals surface area contributed by atoms with Crippen LogP contribution in [0.2, 0.25) is 0 Å². The summed E-state index contributed by atoms with van der Waals surface area (Å²) in [5.74, 6) is 0.860. The van der Waals surface area contributed by atoms with Gasteiger partial charge in [0.2, 0.25) is 5.91 Å². The van der Waals surface area contributed by atoms with E-state index in [0.29, 0.717) is 11.5 Å². The predicted molar refractivity (Wildman–Crippen MR) is 92.0 cm³/mol. The standard InChI is InChI=1S/C15H13BrN2O3S/c16-13-3-1-2-4-14(13)17-15(19)10-22-9-11-5-7-12(8-6-11)18(20)21/h1-8H,9-10H2,(H,17,19). The van der Waals surface area contributed by atoms with Crippen LogP contribution in [0.25, 0.3) is 0 Å². The van der Waals surface area contributed by atoms with Crippen molar-refractivity contribution in [3.05, 3.63) is 68.7 Å². The Kier molecular flexibility index (Phi) is 5.97. The minimum Gasteiger partial charge on any atom is -0.324 e. The van der Waals surface area contributed by atoms with Crippen molar-refractivity contribution < 1.29 is 9.72 Å². The maximum absolute atomic E-state index is 11.9. The smallest absolute Gasteiger partial charge is 0.269 e. The first-order valence-electron chi connectivity index (χ1n) is 6.42. The average molecular weight is 381 g/mol. The number of amides is 1. The third-order valence-electron chi connectivity index (χ3n) is 2.80. The van der Waals surface area contributed by atoms with Crippen LogP contribution >= 0.6 is 27.7 Å². The zero-order valence-corrected chi connectivity index (χ0v) is 13.9. The quantitative estimate of drug-likeness (QED) is 0.601. The molecule has 1 N–H and O–H groups in total. The molecule has 0 fully saturated rings. The summed E-state index contributed by atoms with van der Waals surface area (Å²) in [6, 6.07) is 13.8. The van der Waals surface area contributed by atoms with Crippen molar-refractivity contribution >= 4 is 45.0 Å². The van der Waals surface area contributed by atoms with Crippen LogP contribution in [-0.4, -0.2) is 16.6 Å². The summed E-state index contributed by atoms with van der Waals surface area (Å²) in [6.07, 6.45) is 0. The Labute approximate surface area is 140 Å². The largest absolute Gasteiger partial charge is 0.324 e. The molecule has 0 atom stereocenters. The van der Waals surface area contributed by atoms with Crippen LogP contribution in [0, 0.1) is 10.1 Å². The number of thioether (sulfide) groups is 1. The first kappa shape index (κ1) is 16.5. The van der Waals surface area contributed by atoms with Gasteiger partial charge in [-0.2, -0.15) is 0 Å². The molecular formula is C15H13BrN2O3S. The van der Waals surface area contributed by atoms with Gasteiger partial charge in [-0.05, 0) is 33.6 Å². The van der Waals surface area contributed by atoms with Crippen LogP contribution < -0.4 is 5.32 Å². The molecule has 5 nitrogen and oxygen atoms in total. The van der Waals surface area contributed by atoms with Crippen molar-refractivity contribution in [3.63, 3.8) is 0 Å². The van der Waals surface area contributed by atoms with E-state index in [1.54, 1.807) is 12.1 Å². The van der Waals surface area contributed by atoms with E-state index in [4.69, 9.17) is 0 Å². The number of nitro groups is 1. The van der Waals surface area contributed by atoms with Crippen LogP contribution in [0.5, 0.6) is 0 Å². The molecule has 7 heteroatoms. The molecule has 0 spiro atoms. The topological polar surface area (TPSA) is 72.2 Å². The number of anilines is 1. The molecule has 0 unspecified atom stereocenters. The van der Waals surface area contributed by atoms with Crippen molar-refractivity contribution in [1.82, 2.24) is 0 Å². The van der Waals surface area contributed by atoms with E-state index in [0.717, 1.165) is 15.7 Å². The summed E-state index contributed by atoms with van der Waals surface area (Å²) in [4.78, 5) is 22.0. The number of benzene rings is 2. The SMILES string of the molecule is O=C(CSCc1ccc([N+](=O)[O-])cc1)Nc1ccccc1Br. The Morgan fingerprint density at radius 1 is 1.18 bits per heavy atom. The number of hydrogen-bond donors (Lipinski definition) is 1. The fourth-order valence-corrected chi connectivity index (χ4v) is 2.90. The van der Waals surface area contributed by atoms with E-state index >= 15 is 0 Å². The maximum Gasteiger partial charge on any atom is 0.269 e. The summed E-state index contributed by atoms with van der Waals surface area (Å²) in [6.45, 7) is 0. The van der Waals surface area contributed by atoms with Crippen molar-refractivity contribution in [2.75, 3.05) is 11.1 Å². The zero-order chi connectivity index (χ0) is 15.9. The van der Waals surface area contributed by atoms with E-state index in [-0.39, 0.29) is 11.6 Å². The van der Waals surface area contributed by atoms with Crippen LogP contribution in [-0.2, 0) is 10.5 Å². The van der Waals surface area contributed by atoms with Crippen LogP contribution in [0.4, 0.5) is 11.4 Å². The van der Waals surface area contributed by atoms with E-state index < -0.39 is 4.92 Å². The lowest BCUT2D eigenvalue weighted by atomic mass is 10.2. The zero-order valence-electron chi connectivity index (χ0n) is 11.5. The number of hydrogen-bond acceptors (Lipinski definition) is 4. The van der Waals surface area contributed by atoms with Gasteiger partial charge in [-0.3, -0.25) is 14.9 Å². The van der Waals surface area contributed by atoms with Gasteiger partial charge < -0.3 is 5.32 Å². The molecule has 0 radical (unpaired) electrons. The van der Waals surface area contributed by atoms with E-state index in [9.17, 15) is 14.9 Å². The van der Waals surface area contributed by atoms with E-state index in [1.807, 2.05) is 24.3 Å². The number of nitrogens with zero attached hydrogens (tertiary/aromatic N) is 1. The average Bonchev–Trinajstić information content (AvgIpc) is 2.50. The highest BCUT2D eigenvalue weighted by Gasteiger charge is 2.07. The highest BCUT2D eigenvalue weighted by Crippen LogP contribution is 2.22. The molecule has 114 valence electrons. The number of rotatable bonds is 6. The van der Waals surface area contributed by atoms with Gasteiger partial charge >= 0.3 is 0 Å². The van der Waals surface area contributed by atoms with Gasteiger partial charge in [0.25, 0.3) is 5.69 Å². The van der Waals surface area contributed by atoms with E-state index in [2.05, 4.69) is 21.2 Å². The Bertz CT molecular complexity index is 677. The molecule has 0 aromatic heterocycles. The van der Waals surface area contributed by atoms with Gasteiger partial charge in [0, 0.05) is 22.4 Å². The molecule has 0 heterocycles. The fraction of sp³-hybridized carbons (Fsp3) is 0.133. The first-order valence-corrected chi connectivity index (χ1v) is 8.36. The molecule has 0 saturated heterocycles. The Morgan fingerprint density at radius 2 is 1.86 bits per heavy atom. The summed E-state index contributed by atoms with van der Waals surface area (Å²) >= 11 is 4.83. The number of nitro benzene ring substituents is 1. The molecule has 0 aliphatic carbocycles. The second kappa shape index (κ2) is 7.95. The van der Waals surface area contributed by atoms with Gasteiger partial charge in [0.1, 0.15) is 0 Å². The minimum atomic E-state index is -0.428. The maximum atomic E-state index is 11.9. The summed E-state index contributed by atoms with van der Waals surface area (Å²) < 4.78 is 0.837. The third kappa shape index (κ3) is 4.85. The van der Waals surface area contributed by atoms with Gasteiger partial charge in [-0.25, -0.2) is 0 Å². The number of carbonyl (C=O) groups is 1. The van der Waals surface area contributed by atoms with Crippen molar-refractivity contribution in [1.29, 1.82) is 0 Å². The number of non-ortho nitro benzene ring substituents is 1. The number of halogens is 1. The number of nitrogens with one attached hydrogen (secondary N) is 1. The molecular weight excluding hydrogens is 368 g/mol. The summed E-state index contributed by atoms with van der Waals surface area (Å²) in [5, 5.41) is 13.4. The van der Waals surface area contributed by atoms with Gasteiger partial charge in [0.15, 0.2) is 0 Å². The molecule has 0 aliphatic heterocycles. The van der Waals surface area contributed by atoms with Crippen molar-refractivity contribution in [2.45, 2.75) is 5.75 Å². The lowest BCUT2D eigenvalue weighted by Gasteiger charge is -2.07. The Morgan fingerprint density at radius 3 is 2.50 bits per heavy atom. The molecule has 22 heavy (non-hydrogen) atoms. The lowest BCUT2D eigenvalue weighted by molar-refractivity contribution is -0.384. The molecule has 1 amide bonds. The normalized spacial score (nSPS) is 10.2. The molecule has 2 rings (SSSR count). The molecule has 2 aromatic rings. The van der Waals surface area contributed by atoms with Gasteiger partial charge in [-0.1, -0.05) is 24.3 Å². The molecule has 0 saturated carbocycles. The molecule has 0 aliphatic rings. The van der Waals surface area contributed by atoms with Crippen molar-refractivity contribution in [3.8, 4) is 0 Å². The van der Waals surface area contributed by atoms with Crippen LogP contribution in [0.15, 0.2) is 53.0 Å². The summed E-state index contributed by atoms with van der Waals surface area (Å²) in [7, 11) is 0. The number of para-hydroxylation sites is 1. The lowest BCUT2D eigenvalue weighted by Crippen LogP contribution is -2.14.